The molecular formula is C21H21FN4O2. The van der Waals surface area contributed by atoms with Crippen molar-refractivity contribution in [2.45, 2.75) is 25.3 Å². The lowest BCUT2D eigenvalue weighted by Crippen LogP contribution is -2.30. The number of H-pyrrole nitrogens is 1. The van der Waals surface area contributed by atoms with E-state index < -0.39 is 0 Å². The van der Waals surface area contributed by atoms with Gasteiger partial charge in [0.05, 0.1) is 18.3 Å². The van der Waals surface area contributed by atoms with Gasteiger partial charge in [-0.25, -0.2) is 4.39 Å². The number of aromatic nitrogens is 3. The van der Waals surface area contributed by atoms with Gasteiger partial charge in [0.15, 0.2) is 11.6 Å². The van der Waals surface area contributed by atoms with E-state index in [1.54, 1.807) is 42.7 Å². The van der Waals surface area contributed by atoms with Gasteiger partial charge in [0.1, 0.15) is 0 Å². The Balaban J connectivity index is 1.39. The van der Waals surface area contributed by atoms with E-state index in [9.17, 15) is 9.18 Å². The first kappa shape index (κ1) is 18.2. The normalized spacial score (nSPS) is 16.3. The molecule has 1 saturated heterocycles. The van der Waals surface area contributed by atoms with Crippen molar-refractivity contribution in [1.29, 1.82) is 0 Å². The number of rotatable bonds is 6. The van der Waals surface area contributed by atoms with Crippen LogP contribution in [0.25, 0.3) is 0 Å². The molecule has 7 heteroatoms. The Labute approximate surface area is 162 Å². The predicted octanol–water partition coefficient (Wildman–Crippen LogP) is 3.54. The van der Waals surface area contributed by atoms with Crippen molar-refractivity contribution in [3.8, 4) is 5.75 Å². The lowest BCUT2D eigenvalue weighted by Gasteiger charge is -2.23. The number of benzene rings is 1. The second kappa shape index (κ2) is 8.21. The fraction of sp³-hybridized carbons (Fsp3) is 0.286. The van der Waals surface area contributed by atoms with E-state index >= 15 is 0 Å². The summed E-state index contributed by atoms with van der Waals surface area (Å²) in [5.74, 6) is -0.131. The number of likely N-dealkylation sites (tertiary alicyclic amines) is 1. The highest BCUT2D eigenvalue weighted by Crippen LogP contribution is 2.32. The minimum atomic E-state index is -0.371. The summed E-state index contributed by atoms with van der Waals surface area (Å²) in [5, 5.41) is 7.42. The fourth-order valence-corrected chi connectivity index (χ4v) is 3.49. The maximum Gasteiger partial charge on any atom is 0.254 e. The van der Waals surface area contributed by atoms with Crippen LogP contribution in [0.4, 0.5) is 4.39 Å². The molecule has 0 aliphatic carbocycles. The number of hydrogen-bond acceptors (Lipinski definition) is 4. The van der Waals surface area contributed by atoms with E-state index in [0.29, 0.717) is 25.1 Å². The predicted molar refractivity (Wildman–Crippen MR) is 101 cm³/mol. The number of pyridine rings is 1. The van der Waals surface area contributed by atoms with Gasteiger partial charge in [0.25, 0.3) is 5.91 Å². The molecule has 0 saturated carbocycles. The summed E-state index contributed by atoms with van der Waals surface area (Å²) in [5.41, 5.74) is 2.38. The number of halogens is 1. The molecular weight excluding hydrogens is 359 g/mol. The smallest absolute Gasteiger partial charge is 0.254 e. The van der Waals surface area contributed by atoms with Crippen LogP contribution < -0.4 is 4.74 Å². The molecule has 144 valence electrons. The Morgan fingerprint density at radius 3 is 2.89 bits per heavy atom. The highest BCUT2D eigenvalue weighted by atomic mass is 19.1. The summed E-state index contributed by atoms with van der Waals surface area (Å²) in [6.07, 6.45) is 5.65. The van der Waals surface area contributed by atoms with E-state index in [1.165, 1.54) is 6.07 Å². The van der Waals surface area contributed by atoms with Crippen molar-refractivity contribution in [2.75, 3.05) is 13.2 Å². The van der Waals surface area contributed by atoms with Crippen molar-refractivity contribution >= 4 is 5.91 Å². The zero-order valence-corrected chi connectivity index (χ0v) is 15.3. The lowest BCUT2D eigenvalue weighted by molar-refractivity contribution is 0.0732. The average molecular weight is 380 g/mol. The molecule has 1 aromatic carbocycles. The molecule has 1 aliphatic rings. The second-order valence-corrected chi connectivity index (χ2v) is 6.74. The molecule has 0 radical (unpaired) electrons. The Kier molecular flexibility index (Phi) is 5.32. The summed E-state index contributed by atoms with van der Waals surface area (Å²) >= 11 is 0. The number of para-hydroxylation sites is 1. The molecule has 1 atom stereocenters. The van der Waals surface area contributed by atoms with Gasteiger partial charge in [0.2, 0.25) is 0 Å². The van der Waals surface area contributed by atoms with Crippen LogP contribution in [-0.2, 0) is 6.42 Å². The summed E-state index contributed by atoms with van der Waals surface area (Å²) < 4.78 is 19.1. The number of aromatic amines is 1. The molecule has 3 heterocycles. The molecule has 6 nitrogen and oxygen atoms in total. The topological polar surface area (TPSA) is 71.1 Å². The van der Waals surface area contributed by atoms with Crippen molar-refractivity contribution in [1.82, 2.24) is 20.1 Å². The minimum Gasteiger partial charge on any atom is -0.490 e. The quantitative estimate of drug-likeness (QED) is 0.710. The number of hydrogen-bond donors (Lipinski definition) is 1. The van der Waals surface area contributed by atoms with Gasteiger partial charge in [-0.3, -0.25) is 14.9 Å². The summed E-state index contributed by atoms with van der Waals surface area (Å²) in [6.45, 7) is 1.05. The molecule has 0 spiro atoms. The largest absolute Gasteiger partial charge is 0.490 e. The van der Waals surface area contributed by atoms with Gasteiger partial charge in [-0.15, -0.1) is 0 Å². The van der Waals surface area contributed by atoms with E-state index in [4.69, 9.17) is 4.74 Å². The number of amides is 1. The van der Waals surface area contributed by atoms with Crippen molar-refractivity contribution in [3.05, 3.63) is 77.6 Å². The first-order valence-electron chi connectivity index (χ1n) is 9.35. The molecule has 1 amide bonds. The van der Waals surface area contributed by atoms with Gasteiger partial charge in [-0.2, -0.15) is 5.10 Å². The zero-order valence-electron chi connectivity index (χ0n) is 15.3. The Hall–Kier alpha value is -3.22. The first-order valence-corrected chi connectivity index (χ1v) is 9.35. The number of nitrogens with zero attached hydrogens (tertiary/aromatic N) is 3. The molecule has 3 aromatic rings. The van der Waals surface area contributed by atoms with Crippen LogP contribution in [0.15, 0.2) is 54.9 Å². The van der Waals surface area contributed by atoms with Crippen LogP contribution in [0.1, 0.15) is 40.6 Å². The van der Waals surface area contributed by atoms with E-state index in [0.717, 1.165) is 24.2 Å². The third-order valence-corrected chi connectivity index (χ3v) is 4.90. The van der Waals surface area contributed by atoms with Crippen LogP contribution in [-0.4, -0.2) is 39.1 Å². The molecule has 28 heavy (non-hydrogen) atoms. The van der Waals surface area contributed by atoms with Crippen molar-refractivity contribution < 1.29 is 13.9 Å². The van der Waals surface area contributed by atoms with Crippen LogP contribution in [0, 0.1) is 5.82 Å². The third kappa shape index (κ3) is 3.88. The van der Waals surface area contributed by atoms with Crippen LogP contribution >= 0.6 is 0 Å². The molecule has 1 N–H and O–H groups in total. The monoisotopic (exact) mass is 380 g/mol. The fourth-order valence-electron chi connectivity index (χ4n) is 3.49. The molecule has 0 unspecified atom stereocenters. The van der Waals surface area contributed by atoms with Gasteiger partial charge >= 0.3 is 0 Å². The SMILES string of the molecule is O=C(c1ccncc1)N1CCC[C@@H]1c1cc(CCOc2ccccc2F)[nH]n1. The van der Waals surface area contributed by atoms with E-state index in [-0.39, 0.29) is 23.5 Å². The maximum atomic E-state index is 13.6. The molecule has 4 rings (SSSR count). The highest BCUT2D eigenvalue weighted by molar-refractivity contribution is 5.94. The standard InChI is InChI=1S/C21H21FN4O2/c22-17-4-1-2-6-20(17)28-13-9-16-14-18(25-24-16)19-5-3-12-26(19)21(27)15-7-10-23-11-8-15/h1-2,4,6-8,10-11,14,19H,3,5,9,12-13H2,(H,24,25)/t19-/m1/s1. The molecule has 1 fully saturated rings. The third-order valence-electron chi connectivity index (χ3n) is 4.90. The number of ether oxygens (including phenoxy) is 1. The molecule has 2 aromatic heterocycles. The van der Waals surface area contributed by atoms with E-state index in [1.807, 2.05) is 11.0 Å². The molecule has 1 aliphatic heterocycles. The Bertz CT molecular complexity index is 944. The molecule has 0 bridgehead atoms. The number of nitrogens with one attached hydrogen (secondary N) is 1. The summed E-state index contributed by atoms with van der Waals surface area (Å²) in [4.78, 5) is 18.6. The summed E-state index contributed by atoms with van der Waals surface area (Å²) in [7, 11) is 0. The highest BCUT2D eigenvalue weighted by Gasteiger charge is 2.32. The Morgan fingerprint density at radius 2 is 2.07 bits per heavy atom. The van der Waals surface area contributed by atoms with E-state index in [2.05, 4.69) is 15.2 Å². The number of carbonyl (C=O) groups excluding carboxylic acids is 1. The zero-order chi connectivity index (χ0) is 19.3. The summed E-state index contributed by atoms with van der Waals surface area (Å²) in [6, 6.07) is 11.7. The first-order chi connectivity index (χ1) is 13.7. The van der Waals surface area contributed by atoms with Crippen molar-refractivity contribution in [3.63, 3.8) is 0 Å². The number of carbonyl (C=O) groups is 1. The van der Waals surface area contributed by atoms with Crippen LogP contribution in [0.3, 0.4) is 0 Å². The van der Waals surface area contributed by atoms with Crippen molar-refractivity contribution in [2.24, 2.45) is 0 Å². The van der Waals surface area contributed by atoms with Crippen LogP contribution in [0.2, 0.25) is 0 Å². The van der Waals surface area contributed by atoms with Gasteiger partial charge in [-0.05, 0) is 43.2 Å². The maximum absolute atomic E-state index is 13.6. The lowest BCUT2D eigenvalue weighted by atomic mass is 10.1. The van der Waals surface area contributed by atoms with Gasteiger partial charge < -0.3 is 9.64 Å². The van der Waals surface area contributed by atoms with Gasteiger partial charge in [0, 0.05) is 36.6 Å². The second-order valence-electron chi connectivity index (χ2n) is 6.74. The minimum absolute atomic E-state index is 0.00247. The average Bonchev–Trinajstić information content (AvgIpc) is 3.39. The van der Waals surface area contributed by atoms with Gasteiger partial charge in [-0.1, -0.05) is 12.1 Å². The Morgan fingerprint density at radius 1 is 1.25 bits per heavy atom. The van der Waals surface area contributed by atoms with Crippen LogP contribution in [0.5, 0.6) is 5.75 Å².